The second-order valence-corrected chi connectivity index (χ2v) is 4.18. The van der Waals surface area contributed by atoms with E-state index in [1.165, 1.54) is 0 Å². The molecule has 20 heavy (non-hydrogen) atoms. The molecular weight excluding hydrogens is 256 g/mol. The van der Waals surface area contributed by atoms with Crippen molar-refractivity contribution in [3.8, 4) is 0 Å². The lowest BCUT2D eigenvalue weighted by molar-refractivity contribution is -0.134. The number of ether oxygens (including phenoxy) is 2. The Kier molecular flexibility index (Phi) is 7.06. The summed E-state index contributed by atoms with van der Waals surface area (Å²) in [6.07, 6.45) is 8.50. The first kappa shape index (κ1) is 15.9. The molecule has 0 saturated carbocycles. The van der Waals surface area contributed by atoms with Gasteiger partial charge in [0.2, 0.25) is 0 Å². The fourth-order valence-electron chi connectivity index (χ4n) is 1.38. The molecule has 0 N–H and O–H groups in total. The van der Waals surface area contributed by atoms with Crippen LogP contribution in [0, 0.1) is 6.42 Å². The van der Waals surface area contributed by atoms with Crippen LogP contribution in [0.2, 0.25) is 0 Å². The molecule has 5 nitrogen and oxygen atoms in total. The molecule has 0 spiro atoms. The highest BCUT2D eigenvalue weighted by Crippen LogP contribution is 2.10. The van der Waals surface area contributed by atoms with E-state index in [9.17, 15) is 4.79 Å². The molecule has 1 aliphatic carbocycles. The van der Waals surface area contributed by atoms with Gasteiger partial charge in [0, 0.05) is 6.42 Å². The van der Waals surface area contributed by atoms with Crippen LogP contribution in [0.1, 0.15) is 13.8 Å². The smallest absolute Gasteiger partial charge is 0.351 e. The molecule has 0 bridgehead atoms. The lowest BCUT2D eigenvalue weighted by Crippen LogP contribution is -2.11. The Morgan fingerprint density at radius 2 is 2.35 bits per heavy atom. The maximum absolute atomic E-state index is 11.1. The number of hydrogen-bond acceptors (Lipinski definition) is 5. The van der Waals surface area contributed by atoms with E-state index in [1.807, 2.05) is 31.6 Å². The quantitative estimate of drug-likeness (QED) is 0.235. The third-order valence-corrected chi connectivity index (χ3v) is 2.21. The van der Waals surface area contributed by atoms with E-state index in [4.69, 9.17) is 9.47 Å². The molecule has 5 heteroatoms. The predicted octanol–water partition coefficient (Wildman–Crippen LogP) is 2.27. The van der Waals surface area contributed by atoms with Gasteiger partial charge in [0.05, 0.1) is 31.4 Å². The fraction of sp³-hybridized carbons (Fsp3) is 0.333. The average Bonchev–Trinajstić information content (AvgIpc) is 2.40. The summed E-state index contributed by atoms with van der Waals surface area (Å²) >= 11 is 0. The molecule has 1 rings (SSSR count). The van der Waals surface area contributed by atoms with Crippen molar-refractivity contribution in [3.63, 3.8) is 0 Å². The maximum Gasteiger partial charge on any atom is 0.351 e. The van der Waals surface area contributed by atoms with Crippen LogP contribution in [-0.2, 0) is 14.3 Å². The highest BCUT2D eigenvalue weighted by Gasteiger charge is 2.16. The fourth-order valence-corrected chi connectivity index (χ4v) is 1.38. The van der Waals surface area contributed by atoms with Gasteiger partial charge in [0.15, 0.2) is 5.71 Å². The minimum absolute atomic E-state index is 0.316. The summed E-state index contributed by atoms with van der Waals surface area (Å²) in [6.45, 7) is 8.64. The molecule has 0 amide bonds. The molecule has 1 aliphatic rings. The number of esters is 1. The highest BCUT2D eigenvalue weighted by atomic mass is 16.5. The first-order valence-electron chi connectivity index (χ1n) is 6.34. The second-order valence-electron chi connectivity index (χ2n) is 4.18. The highest BCUT2D eigenvalue weighted by molar-refractivity contribution is 6.23. The Balaban J connectivity index is 2.58. The van der Waals surface area contributed by atoms with Crippen molar-refractivity contribution in [3.05, 3.63) is 42.4 Å². The van der Waals surface area contributed by atoms with Crippen molar-refractivity contribution < 1.29 is 14.3 Å². The number of rotatable bonds is 7. The predicted molar refractivity (Wildman–Crippen MR) is 79.7 cm³/mol. The molecular formula is C15H19N2O3+. The Morgan fingerprint density at radius 1 is 1.55 bits per heavy atom. The standard InChI is InChI=1S/C15H19N2O3/c1-4-20-15(18)9-16-17-14-8-6-5-7-13(14)11-19-10-12(2)3/h5-9H,2,4,10-11H2,1,3H3/q+1/b16-9+,17-14+. The van der Waals surface area contributed by atoms with Gasteiger partial charge in [-0.3, -0.25) is 0 Å². The lowest BCUT2D eigenvalue weighted by atomic mass is 10.0. The molecule has 106 valence electrons. The van der Waals surface area contributed by atoms with Gasteiger partial charge in [-0.05, 0) is 13.8 Å². The van der Waals surface area contributed by atoms with Crippen molar-refractivity contribution >= 4 is 17.9 Å². The first-order valence-corrected chi connectivity index (χ1v) is 6.34. The number of carbonyl (C=O) groups is 1. The topological polar surface area (TPSA) is 60.2 Å². The summed E-state index contributed by atoms with van der Waals surface area (Å²) in [4.78, 5) is 11.1. The van der Waals surface area contributed by atoms with Crippen LogP contribution in [0.25, 0.3) is 0 Å². The van der Waals surface area contributed by atoms with Gasteiger partial charge in [-0.25, -0.2) is 4.79 Å². The Hall–Kier alpha value is -2.14. The minimum atomic E-state index is -0.507. The summed E-state index contributed by atoms with van der Waals surface area (Å²) in [7, 11) is 0. The molecule has 0 fully saturated rings. The van der Waals surface area contributed by atoms with Crippen LogP contribution < -0.4 is 0 Å². The molecule has 0 atom stereocenters. The van der Waals surface area contributed by atoms with Crippen LogP contribution in [0.4, 0.5) is 0 Å². The Bertz CT molecular complexity index is 474. The Morgan fingerprint density at radius 3 is 3.05 bits per heavy atom. The first-order chi connectivity index (χ1) is 9.63. The van der Waals surface area contributed by atoms with Crippen molar-refractivity contribution in [1.29, 1.82) is 0 Å². The zero-order valence-corrected chi connectivity index (χ0v) is 11.8. The minimum Gasteiger partial charge on any atom is -0.462 e. The average molecular weight is 275 g/mol. The van der Waals surface area contributed by atoms with Gasteiger partial charge in [-0.2, -0.15) is 0 Å². The number of allylic oxidation sites excluding steroid dienone is 3. The molecule has 0 saturated heterocycles. The van der Waals surface area contributed by atoms with Crippen LogP contribution in [0.15, 0.2) is 46.2 Å². The van der Waals surface area contributed by atoms with Crippen molar-refractivity contribution in [2.45, 2.75) is 13.8 Å². The van der Waals surface area contributed by atoms with Crippen LogP contribution in [0.3, 0.4) is 0 Å². The van der Waals surface area contributed by atoms with E-state index in [0.29, 0.717) is 25.5 Å². The van der Waals surface area contributed by atoms with Gasteiger partial charge < -0.3 is 9.47 Å². The number of hydrogen-bond donors (Lipinski definition) is 0. The van der Waals surface area contributed by atoms with E-state index >= 15 is 0 Å². The zero-order chi connectivity index (χ0) is 14.8. The summed E-state index contributed by atoms with van der Waals surface area (Å²) < 4.78 is 10.2. The maximum atomic E-state index is 11.1. The lowest BCUT2D eigenvalue weighted by Gasteiger charge is -2.04. The van der Waals surface area contributed by atoms with Gasteiger partial charge in [0.25, 0.3) is 0 Å². The van der Waals surface area contributed by atoms with Crippen molar-refractivity contribution in [2.75, 3.05) is 19.8 Å². The molecule has 0 heterocycles. The van der Waals surface area contributed by atoms with Gasteiger partial charge in [-0.1, -0.05) is 12.2 Å². The van der Waals surface area contributed by atoms with Gasteiger partial charge >= 0.3 is 5.97 Å². The van der Waals surface area contributed by atoms with E-state index < -0.39 is 5.97 Å². The molecule has 0 radical (unpaired) electrons. The molecule has 0 aliphatic heterocycles. The van der Waals surface area contributed by atoms with E-state index in [-0.39, 0.29) is 0 Å². The molecule has 0 aromatic rings. The summed E-state index contributed by atoms with van der Waals surface area (Å²) in [5.74, 6) is -0.507. The summed E-state index contributed by atoms with van der Waals surface area (Å²) in [5.41, 5.74) is 2.52. The monoisotopic (exact) mass is 275 g/mol. The molecule has 0 unspecified atom stereocenters. The van der Waals surface area contributed by atoms with E-state index in [0.717, 1.165) is 17.4 Å². The normalized spacial score (nSPS) is 16.1. The second kappa shape index (κ2) is 8.87. The largest absolute Gasteiger partial charge is 0.462 e. The third kappa shape index (κ3) is 6.15. The van der Waals surface area contributed by atoms with Gasteiger partial charge in [-0.15, -0.1) is 10.2 Å². The molecule has 0 aromatic heterocycles. The number of carbonyl (C=O) groups excluding carboxylic acids is 1. The number of nitrogens with zero attached hydrogens (tertiary/aromatic N) is 2. The third-order valence-electron chi connectivity index (χ3n) is 2.21. The van der Waals surface area contributed by atoms with E-state index in [2.05, 4.69) is 16.8 Å². The molecule has 0 aromatic carbocycles. The SMILES string of the molecule is C=C(C)COCC1=C[CH+]C=C/C1=N\N=C\C(=O)OCC. The van der Waals surface area contributed by atoms with Gasteiger partial charge in [0.1, 0.15) is 18.4 Å². The summed E-state index contributed by atoms with van der Waals surface area (Å²) in [5, 5.41) is 7.71. The van der Waals surface area contributed by atoms with Crippen molar-refractivity contribution in [1.82, 2.24) is 0 Å². The van der Waals surface area contributed by atoms with E-state index in [1.54, 1.807) is 6.92 Å². The van der Waals surface area contributed by atoms with Crippen molar-refractivity contribution in [2.24, 2.45) is 10.2 Å². The summed E-state index contributed by atoms with van der Waals surface area (Å²) in [6, 6.07) is 0. The zero-order valence-electron chi connectivity index (χ0n) is 11.8. The van der Waals surface area contributed by atoms with Crippen LogP contribution in [-0.4, -0.2) is 37.7 Å². The van der Waals surface area contributed by atoms with Crippen LogP contribution in [0.5, 0.6) is 0 Å². The Labute approximate surface area is 119 Å². The van der Waals surface area contributed by atoms with Crippen LogP contribution >= 0.6 is 0 Å².